The van der Waals surface area contributed by atoms with Gasteiger partial charge in [0, 0.05) is 31.6 Å². The second-order valence-corrected chi connectivity index (χ2v) is 9.02. The van der Waals surface area contributed by atoms with Crippen LogP contribution in [0.25, 0.3) is 5.69 Å². The van der Waals surface area contributed by atoms with Gasteiger partial charge in [-0.3, -0.25) is 24.5 Å². The summed E-state index contributed by atoms with van der Waals surface area (Å²) in [6.07, 6.45) is 3.27. The van der Waals surface area contributed by atoms with Gasteiger partial charge in [0.1, 0.15) is 17.5 Å². The molecule has 6 rings (SSSR count). The molecule has 4 amide bonds. The van der Waals surface area contributed by atoms with Crippen molar-refractivity contribution in [3.8, 4) is 5.69 Å². The molecular formula is C23H21N7O6. The summed E-state index contributed by atoms with van der Waals surface area (Å²) in [6, 6.07) is 4.52. The number of oxazole rings is 1. The van der Waals surface area contributed by atoms with Crippen molar-refractivity contribution in [1.82, 2.24) is 35.1 Å². The Balaban J connectivity index is 1.15. The van der Waals surface area contributed by atoms with Gasteiger partial charge in [0.05, 0.1) is 24.4 Å². The maximum Gasteiger partial charge on any atom is 0.276 e. The third-order valence-corrected chi connectivity index (χ3v) is 6.85. The van der Waals surface area contributed by atoms with E-state index in [9.17, 15) is 24.3 Å². The molecule has 0 radical (unpaired) electrons. The molecular weight excluding hydrogens is 470 g/mol. The van der Waals surface area contributed by atoms with E-state index in [0.717, 1.165) is 5.56 Å². The Bertz CT molecular complexity index is 1410. The summed E-state index contributed by atoms with van der Waals surface area (Å²) in [5.41, 5.74) is 2.39. The monoisotopic (exact) mass is 491 g/mol. The highest BCUT2D eigenvalue weighted by molar-refractivity contribution is 6.05. The molecule has 0 bridgehead atoms. The van der Waals surface area contributed by atoms with Gasteiger partial charge in [-0.25, -0.2) is 9.67 Å². The molecule has 2 fully saturated rings. The minimum Gasteiger partial charge on any atom is -0.448 e. The Hall–Kier alpha value is -4.39. The van der Waals surface area contributed by atoms with Gasteiger partial charge in [-0.15, -0.1) is 5.10 Å². The third-order valence-electron chi connectivity index (χ3n) is 6.85. The molecule has 13 nitrogen and oxygen atoms in total. The van der Waals surface area contributed by atoms with E-state index in [-0.39, 0.29) is 48.9 Å². The molecule has 2 N–H and O–H groups in total. The van der Waals surface area contributed by atoms with Crippen molar-refractivity contribution >= 4 is 23.6 Å². The van der Waals surface area contributed by atoms with E-state index in [2.05, 4.69) is 20.6 Å². The summed E-state index contributed by atoms with van der Waals surface area (Å²) < 4.78 is 6.77. The van der Waals surface area contributed by atoms with Crippen molar-refractivity contribution in [2.75, 3.05) is 13.1 Å². The predicted octanol–water partition coefficient (Wildman–Crippen LogP) is -0.252. The summed E-state index contributed by atoms with van der Waals surface area (Å²) in [4.78, 5) is 56.6. The van der Waals surface area contributed by atoms with E-state index in [1.165, 1.54) is 22.2 Å². The molecule has 2 aromatic heterocycles. The highest BCUT2D eigenvalue weighted by Gasteiger charge is 2.40. The van der Waals surface area contributed by atoms with E-state index in [4.69, 9.17) is 4.42 Å². The number of imide groups is 1. The number of nitrogens with zero attached hydrogens (tertiary/aromatic N) is 6. The number of rotatable bonds is 5. The molecule has 0 aliphatic carbocycles. The zero-order chi connectivity index (χ0) is 25.0. The molecule has 0 spiro atoms. The van der Waals surface area contributed by atoms with Crippen molar-refractivity contribution in [1.29, 1.82) is 0 Å². The smallest absolute Gasteiger partial charge is 0.276 e. The SMILES string of the molecule is O=C1CCC(N2Cc3ccc(-n4cc(C(=O)N5CC(c6ocnc6CO)C5)nn4)cc3C2=O)C(=O)N1. The number of aromatic nitrogens is 4. The Labute approximate surface area is 203 Å². The highest BCUT2D eigenvalue weighted by atomic mass is 16.3. The van der Waals surface area contributed by atoms with Crippen LogP contribution < -0.4 is 5.32 Å². The van der Waals surface area contributed by atoms with Crippen molar-refractivity contribution < 1.29 is 28.7 Å². The maximum atomic E-state index is 13.1. The van der Waals surface area contributed by atoms with Gasteiger partial charge in [0.15, 0.2) is 12.1 Å². The highest BCUT2D eigenvalue weighted by Crippen LogP contribution is 2.31. The average molecular weight is 491 g/mol. The number of piperidine rings is 1. The van der Waals surface area contributed by atoms with Gasteiger partial charge in [-0.2, -0.15) is 0 Å². The molecule has 5 heterocycles. The summed E-state index contributed by atoms with van der Waals surface area (Å²) in [6.45, 7) is 0.884. The van der Waals surface area contributed by atoms with Crippen LogP contribution in [0, 0.1) is 0 Å². The lowest BCUT2D eigenvalue weighted by Gasteiger charge is -2.37. The van der Waals surface area contributed by atoms with Crippen LogP contribution in [0.4, 0.5) is 0 Å². The van der Waals surface area contributed by atoms with Crippen molar-refractivity contribution in [2.24, 2.45) is 0 Å². The van der Waals surface area contributed by atoms with Crippen LogP contribution in [-0.2, 0) is 22.7 Å². The summed E-state index contributed by atoms with van der Waals surface area (Å²) in [5.74, 6) is -0.831. The second-order valence-electron chi connectivity index (χ2n) is 9.02. The summed E-state index contributed by atoms with van der Waals surface area (Å²) in [7, 11) is 0. The number of carbonyl (C=O) groups is 4. The number of carbonyl (C=O) groups excluding carboxylic acids is 4. The number of benzene rings is 1. The standard InChI is InChI=1S/C23H21N7O6/c31-10-17-20(36-11-24-17)13-6-28(7-13)23(35)16-9-30(27-26-16)14-2-1-12-8-29(22(34)15(12)5-14)18-3-4-19(32)25-21(18)33/h1-2,5,9,11,13,18,31H,3-4,6-8,10H2,(H,25,32,33). The Kier molecular flexibility index (Phi) is 5.14. The average Bonchev–Trinajstić information content (AvgIpc) is 3.57. The van der Waals surface area contributed by atoms with Crippen LogP contribution in [-0.4, -0.2) is 77.6 Å². The van der Waals surface area contributed by atoms with E-state index in [1.807, 2.05) is 0 Å². The number of hydrogen-bond donors (Lipinski definition) is 2. The third kappa shape index (κ3) is 3.55. The topological polar surface area (TPSA) is 164 Å². The minimum atomic E-state index is -0.688. The fourth-order valence-corrected chi connectivity index (χ4v) is 4.87. The summed E-state index contributed by atoms with van der Waals surface area (Å²) in [5, 5.41) is 19.7. The Morgan fingerprint density at radius 1 is 1.22 bits per heavy atom. The first-order valence-corrected chi connectivity index (χ1v) is 11.5. The molecule has 1 unspecified atom stereocenters. The van der Waals surface area contributed by atoms with Gasteiger partial charge in [-0.1, -0.05) is 11.3 Å². The molecule has 1 atom stereocenters. The van der Waals surface area contributed by atoms with Crippen LogP contribution in [0.3, 0.4) is 0 Å². The normalized spacial score (nSPS) is 19.9. The van der Waals surface area contributed by atoms with E-state index in [0.29, 0.717) is 42.2 Å². The number of aliphatic hydroxyl groups excluding tert-OH is 1. The number of fused-ring (bicyclic) bond motifs is 1. The largest absolute Gasteiger partial charge is 0.448 e. The molecule has 3 aliphatic heterocycles. The molecule has 3 aliphatic rings. The molecule has 0 saturated carbocycles. The molecule has 1 aromatic carbocycles. The van der Waals surface area contributed by atoms with E-state index in [1.54, 1.807) is 23.1 Å². The lowest BCUT2D eigenvalue weighted by molar-refractivity contribution is -0.136. The van der Waals surface area contributed by atoms with E-state index >= 15 is 0 Å². The van der Waals surface area contributed by atoms with Crippen molar-refractivity contribution in [3.63, 3.8) is 0 Å². The number of nitrogens with one attached hydrogen (secondary N) is 1. The quantitative estimate of drug-likeness (QED) is 0.458. The first-order valence-electron chi connectivity index (χ1n) is 11.5. The number of likely N-dealkylation sites (tertiary alicyclic amines) is 1. The van der Waals surface area contributed by atoms with Crippen molar-refractivity contribution in [3.05, 3.63) is 59.1 Å². The first kappa shape index (κ1) is 22.1. The van der Waals surface area contributed by atoms with Crippen LogP contribution in [0.15, 0.2) is 35.2 Å². The van der Waals surface area contributed by atoms with Gasteiger partial charge in [0.2, 0.25) is 11.8 Å². The van der Waals surface area contributed by atoms with Crippen LogP contribution >= 0.6 is 0 Å². The van der Waals surface area contributed by atoms with Gasteiger partial charge >= 0.3 is 0 Å². The van der Waals surface area contributed by atoms with Crippen LogP contribution in [0.2, 0.25) is 0 Å². The zero-order valence-electron chi connectivity index (χ0n) is 19.0. The molecule has 36 heavy (non-hydrogen) atoms. The minimum absolute atomic E-state index is 0.0383. The zero-order valence-corrected chi connectivity index (χ0v) is 19.0. The van der Waals surface area contributed by atoms with Gasteiger partial charge in [-0.05, 0) is 24.1 Å². The predicted molar refractivity (Wildman–Crippen MR) is 118 cm³/mol. The second kappa shape index (κ2) is 8.37. The lowest BCUT2D eigenvalue weighted by Crippen LogP contribution is -2.52. The first-order chi connectivity index (χ1) is 17.4. The fourth-order valence-electron chi connectivity index (χ4n) is 4.87. The van der Waals surface area contributed by atoms with Gasteiger partial charge < -0.3 is 19.3 Å². The maximum absolute atomic E-state index is 13.1. The lowest BCUT2D eigenvalue weighted by atomic mass is 9.95. The van der Waals surface area contributed by atoms with Crippen molar-refractivity contribution in [2.45, 2.75) is 38.0 Å². The molecule has 2 saturated heterocycles. The summed E-state index contributed by atoms with van der Waals surface area (Å²) >= 11 is 0. The fraction of sp³-hybridized carbons (Fsp3) is 0.348. The molecule has 3 aromatic rings. The number of aliphatic hydroxyl groups is 1. The van der Waals surface area contributed by atoms with E-state index < -0.39 is 11.9 Å². The molecule has 184 valence electrons. The Morgan fingerprint density at radius 3 is 2.83 bits per heavy atom. The number of hydrogen-bond acceptors (Lipinski definition) is 9. The van der Waals surface area contributed by atoms with Crippen LogP contribution in [0.5, 0.6) is 0 Å². The van der Waals surface area contributed by atoms with Crippen LogP contribution in [0.1, 0.15) is 56.6 Å². The van der Waals surface area contributed by atoms with Gasteiger partial charge in [0.25, 0.3) is 11.8 Å². The number of amides is 4. The Morgan fingerprint density at radius 2 is 2.06 bits per heavy atom. The molecule has 13 heteroatoms.